The minimum absolute atomic E-state index is 0.133. The Morgan fingerprint density at radius 1 is 1.28 bits per heavy atom. The monoisotopic (exact) mass is 248 g/mol. The minimum Gasteiger partial charge on any atom is -0.325 e. The molecule has 1 atom stereocenters. The first-order chi connectivity index (χ1) is 8.49. The SMILES string of the molecule is CCCCc1ccc(NC(=O)C(C)(N)CC)cc1. The van der Waals surface area contributed by atoms with Crippen molar-refractivity contribution >= 4 is 11.6 Å². The summed E-state index contributed by atoms with van der Waals surface area (Å²) in [7, 11) is 0. The van der Waals surface area contributed by atoms with Crippen molar-refractivity contribution in [1.82, 2.24) is 0 Å². The third kappa shape index (κ3) is 4.15. The lowest BCUT2D eigenvalue weighted by atomic mass is 9.99. The molecule has 0 radical (unpaired) electrons. The number of amides is 1. The maximum Gasteiger partial charge on any atom is 0.244 e. The van der Waals surface area contributed by atoms with Crippen LogP contribution in [-0.4, -0.2) is 11.4 Å². The van der Waals surface area contributed by atoms with Crippen LogP contribution in [0, 0.1) is 0 Å². The molecule has 3 nitrogen and oxygen atoms in total. The van der Waals surface area contributed by atoms with Crippen molar-refractivity contribution in [2.24, 2.45) is 5.73 Å². The normalized spacial score (nSPS) is 14.0. The Morgan fingerprint density at radius 3 is 2.39 bits per heavy atom. The Morgan fingerprint density at radius 2 is 1.89 bits per heavy atom. The summed E-state index contributed by atoms with van der Waals surface area (Å²) in [5.41, 5.74) is 7.20. The van der Waals surface area contributed by atoms with Crippen molar-refractivity contribution in [2.45, 2.75) is 52.0 Å². The molecule has 0 fully saturated rings. The number of anilines is 1. The molecule has 1 amide bonds. The van der Waals surface area contributed by atoms with Gasteiger partial charge in [-0.1, -0.05) is 32.4 Å². The Hall–Kier alpha value is -1.35. The topological polar surface area (TPSA) is 55.1 Å². The van der Waals surface area contributed by atoms with Gasteiger partial charge in [0.05, 0.1) is 5.54 Å². The zero-order valence-corrected chi connectivity index (χ0v) is 11.6. The average Bonchev–Trinajstić information content (AvgIpc) is 2.37. The van der Waals surface area contributed by atoms with E-state index in [1.54, 1.807) is 6.92 Å². The van der Waals surface area contributed by atoms with Crippen LogP contribution in [0.15, 0.2) is 24.3 Å². The molecule has 0 aliphatic carbocycles. The zero-order valence-electron chi connectivity index (χ0n) is 11.6. The number of hydrogen-bond donors (Lipinski definition) is 2. The van der Waals surface area contributed by atoms with Gasteiger partial charge in [-0.2, -0.15) is 0 Å². The largest absolute Gasteiger partial charge is 0.325 e. The van der Waals surface area contributed by atoms with Crippen LogP contribution in [0.3, 0.4) is 0 Å². The van der Waals surface area contributed by atoms with E-state index in [-0.39, 0.29) is 5.91 Å². The molecule has 100 valence electrons. The summed E-state index contributed by atoms with van der Waals surface area (Å²) in [6, 6.07) is 8.00. The van der Waals surface area contributed by atoms with Gasteiger partial charge in [0.15, 0.2) is 0 Å². The fourth-order valence-electron chi connectivity index (χ4n) is 1.57. The van der Waals surface area contributed by atoms with Gasteiger partial charge in [-0.05, 0) is 43.9 Å². The molecule has 0 aliphatic heterocycles. The maximum absolute atomic E-state index is 11.9. The highest BCUT2D eigenvalue weighted by atomic mass is 16.2. The highest BCUT2D eigenvalue weighted by Crippen LogP contribution is 2.14. The van der Waals surface area contributed by atoms with Gasteiger partial charge in [0, 0.05) is 5.69 Å². The van der Waals surface area contributed by atoms with E-state index in [0.717, 1.165) is 12.1 Å². The van der Waals surface area contributed by atoms with E-state index in [4.69, 9.17) is 5.73 Å². The van der Waals surface area contributed by atoms with E-state index in [1.807, 2.05) is 19.1 Å². The summed E-state index contributed by atoms with van der Waals surface area (Å²) in [6.07, 6.45) is 4.10. The molecule has 3 N–H and O–H groups in total. The number of carbonyl (C=O) groups excluding carboxylic acids is 1. The zero-order chi connectivity index (χ0) is 13.6. The third-order valence-corrected chi connectivity index (χ3v) is 3.28. The summed E-state index contributed by atoms with van der Waals surface area (Å²) in [4.78, 5) is 11.9. The van der Waals surface area contributed by atoms with Gasteiger partial charge >= 0.3 is 0 Å². The van der Waals surface area contributed by atoms with Crippen LogP contribution >= 0.6 is 0 Å². The molecule has 0 spiro atoms. The van der Waals surface area contributed by atoms with Crippen LogP contribution in [0.1, 0.15) is 45.6 Å². The average molecular weight is 248 g/mol. The quantitative estimate of drug-likeness (QED) is 0.812. The number of nitrogens with two attached hydrogens (primary N) is 1. The molecule has 0 saturated carbocycles. The molecule has 1 unspecified atom stereocenters. The van der Waals surface area contributed by atoms with Crippen molar-refractivity contribution in [1.29, 1.82) is 0 Å². The molecule has 1 aromatic rings. The Balaban J connectivity index is 2.61. The molecule has 0 aliphatic rings. The van der Waals surface area contributed by atoms with Crippen molar-refractivity contribution < 1.29 is 4.79 Å². The highest BCUT2D eigenvalue weighted by Gasteiger charge is 2.25. The number of hydrogen-bond acceptors (Lipinski definition) is 2. The number of nitrogens with one attached hydrogen (secondary N) is 1. The fourth-order valence-corrected chi connectivity index (χ4v) is 1.57. The lowest BCUT2D eigenvalue weighted by Gasteiger charge is -2.21. The molecule has 3 heteroatoms. The number of unbranched alkanes of at least 4 members (excludes halogenated alkanes) is 1. The van der Waals surface area contributed by atoms with E-state index < -0.39 is 5.54 Å². The standard InChI is InChI=1S/C15H24N2O/c1-4-6-7-12-8-10-13(11-9-12)17-14(18)15(3,16)5-2/h8-11H,4-7,16H2,1-3H3,(H,17,18). The van der Waals surface area contributed by atoms with Crippen LogP contribution in [0.4, 0.5) is 5.69 Å². The second kappa shape index (κ2) is 6.55. The number of aryl methyl sites for hydroxylation is 1. The van der Waals surface area contributed by atoms with E-state index in [1.165, 1.54) is 18.4 Å². The number of rotatable bonds is 6. The van der Waals surface area contributed by atoms with Gasteiger partial charge < -0.3 is 11.1 Å². The van der Waals surface area contributed by atoms with Crippen LogP contribution in [0.2, 0.25) is 0 Å². The van der Waals surface area contributed by atoms with Crippen molar-refractivity contribution in [2.75, 3.05) is 5.32 Å². The lowest BCUT2D eigenvalue weighted by molar-refractivity contribution is -0.120. The van der Waals surface area contributed by atoms with E-state index >= 15 is 0 Å². The molecule has 1 aromatic carbocycles. The number of benzene rings is 1. The van der Waals surface area contributed by atoms with Crippen molar-refractivity contribution in [3.8, 4) is 0 Å². The summed E-state index contributed by atoms with van der Waals surface area (Å²) in [6.45, 7) is 5.84. The van der Waals surface area contributed by atoms with Gasteiger partial charge in [0.2, 0.25) is 5.91 Å². The molecular formula is C15H24N2O. The molecule has 18 heavy (non-hydrogen) atoms. The van der Waals surface area contributed by atoms with Crippen LogP contribution in [0.5, 0.6) is 0 Å². The maximum atomic E-state index is 11.9. The summed E-state index contributed by atoms with van der Waals surface area (Å²) < 4.78 is 0. The number of carbonyl (C=O) groups is 1. The molecule has 0 heterocycles. The van der Waals surface area contributed by atoms with Gasteiger partial charge in [0.1, 0.15) is 0 Å². The summed E-state index contributed by atoms with van der Waals surface area (Å²) in [5, 5.41) is 2.85. The minimum atomic E-state index is -0.805. The van der Waals surface area contributed by atoms with Gasteiger partial charge in [-0.15, -0.1) is 0 Å². The summed E-state index contributed by atoms with van der Waals surface area (Å²) in [5.74, 6) is -0.133. The lowest BCUT2D eigenvalue weighted by Crippen LogP contribution is -2.47. The van der Waals surface area contributed by atoms with Gasteiger partial charge in [0.25, 0.3) is 0 Å². The van der Waals surface area contributed by atoms with Crippen LogP contribution in [-0.2, 0) is 11.2 Å². The molecular weight excluding hydrogens is 224 g/mol. The predicted molar refractivity (Wildman–Crippen MR) is 76.6 cm³/mol. The predicted octanol–water partition coefficient (Wildman–Crippen LogP) is 3.10. The van der Waals surface area contributed by atoms with E-state index in [0.29, 0.717) is 6.42 Å². The Bertz CT molecular complexity index is 382. The Kier molecular flexibility index (Phi) is 5.35. The highest BCUT2D eigenvalue weighted by molar-refractivity contribution is 5.97. The third-order valence-electron chi connectivity index (χ3n) is 3.28. The van der Waals surface area contributed by atoms with Crippen molar-refractivity contribution in [3.05, 3.63) is 29.8 Å². The van der Waals surface area contributed by atoms with E-state index in [9.17, 15) is 4.79 Å². The first-order valence-corrected chi connectivity index (χ1v) is 6.69. The van der Waals surface area contributed by atoms with Crippen LogP contribution in [0.25, 0.3) is 0 Å². The van der Waals surface area contributed by atoms with E-state index in [2.05, 4.69) is 24.4 Å². The molecule has 0 bridgehead atoms. The van der Waals surface area contributed by atoms with Gasteiger partial charge in [-0.3, -0.25) is 4.79 Å². The second-order valence-corrected chi connectivity index (χ2v) is 5.03. The molecule has 0 saturated heterocycles. The first kappa shape index (κ1) is 14.7. The Labute approximate surface area is 110 Å². The summed E-state index contributed by atoms with van der Waals surface area (Å²) >= 11 is 0. The molecule has 0 aromatic heterocycles. The van der Waals surface area contributed by atoms with Crippen molar-refractivity contribution in [3.63, 3.8) is 0 Å². The molecule has 1 rings (SSSR count). The first-order valence-electron chi connectivity index (χ1n) is 6.69. The van der Waals surface area contributed by atoms with Gasteiger partial charge in [-0.25, -0.2) is 0 Å². The van der Waals surface area contributed by atoms with Crippen LogP contribution < -0.4 is 11.1 Å². The fraction of sp³-hybridized carbons (Fsp3) is 0.533. The smallest absolute Gasteiger partial charge is 0.244 e. The second-order valence-electron chi connectivity index (χ2n) is 5.03.